The molecule has 7 N–H and O–H groups in total. The summed E-state index contributed by atoms with van der Waals surface area (Å²) in [5.74, 6) is -5.27. The Hall–Kier alpha value is -5.43. The fourth-order valence-electron chi connectivity index (χ4n) is 8.43. The van der Waals surface area contributed by atoms with Gasteiger partial charge in [-0.15, -0.1) is 5.06 Å². The maximum atomic E-state index is 14.6. The Morgan fingerprint density at radius 1 is 0.853 bits per heavy atom. The molecule has 412 valence electrons. The van der Waals surface area contributed by atoms with Crippen molar-refractivity contribution in [1.29, 1.82) is 0 Å². The average molecular weight is 1150 g/mol. The molecule has 2 aromatic carbocycles. The fraction of sp³-hybridized carbons (Fsp3) is 0.468. The van der Waals surface area contributed by atoms with Crippen LogP contribution in [-0.2, 0) is 71.0 Å². The number of aliphatic hydroxyl groups excluding tert-OH is 1. The van der Waals surface area contributed by atoms with Crippen molar-refractivity contribution in [3.8, 4) is 0 Å². The van der Waals surface area contributed by atoms with Gasteiger partial charge in [-0.2, -0.15) is 38.2 Å². The molecule has 75 heavy (non-hydrogen) atoms. The zero-order valence-electron chi connectivity index (χ0n) is 41.1. The molecule has 1 aliphatic carbocycles. The summed E-state index contributed by atoms with van der Waals surface area (Å²) >= 11 is 1.36. The molecule has 3 amide bonds. The third-order valence-corrected chi connectivity index (χ3v) is 16.3. The second-order valence-corrected chi connectivity index (χ2v) is 25.5. The molecule has 2 heterocycles. The van der Waals surface area contributed by atoms with Crippen molar-refractivity contribution < 1.29 is 85.6 Å². The number of aliphatic hydroxyl groups is 1. The average Bonchev–Trinajstić information content (AvgIpc) is 3.83. The number of hydroxylamine groups is 2. The number of hydrogen-bond donors (Lipinski definition) is 7. The molecule has 3 aromatic rings. The summed E-state index contributed by atoms with van der Waals surface area (Å²) in [6.45, 7) is 3.12. The lowest BCUT2D eigenvalue weighted by Crippen LogP contribution is -2.53. The van der Waals surface area contributed by atoms with Crippen LogP contribution in [0.2, 0.25) is 0 Å². The van der Waals surface area contributed by atoms with Crippen molar-refractivity contribution in [1.82, 2.24) is 15.7 Å². The summed E-state index contributed by atoms with van der Waals surface area (Å²) in [5.41, 5.74) is 0.431. The van der Waals surface area contributed by atoms with Crippen molar-refractivity contribution in [3.63, 3.8) is 0 Å². The van der Waals surface area contributed by atoms with E-state index < -0.39 is 99.6 Å². The molecule has 2 unspecified atom stereocenters. The number of nitrogens with zero attached hydrogens (tertiary/aromatic N) is 3. The highest BCUT2D eigenvalue weighted by atomic mass is 32.2. The molecule has 2 atom stereocenters. The first-order chi connectivity index (χ1) is 35.0. The van der Waals surface area contributed by atoms with E-state index in [2.05, 4.69) is 10.6 Å². The highest BCUT2D eigenvalue weighted by Gasteiger charge is 2.48. The Bertz CT molecular complexity index is 3190. The zero-order valence-corrected chi connectivity index (χ0v) is 45.2. The van der Waals surface area contributed by atoms with E-state index in [0.29, 0.717) is 45.3 Å². The molecular weight excluding hydrogens is 1080 g/mol. The summed E-state index contributed by atoms with van der Waals surface area (Å²) in [6.07, 6.45) is 8.91. The second kappa shape index (κ2) is 26.1. The lowest BCUT2D eigenvalue weighted by molar-refractivity contribution is -0.668. The first-order valence-corrected chi connectivity index (χ1v) is 30.8. The summed E-state index contributed by atoms with van der Waals surface area (Å²) in [6, 6.07) is 11.2. The van der Waals surface area contributed by atoms with Gasteiger partial charge < -0.3 is 25.5 Å². The van der Waals surface area contributed by atoms with Gasteiger partial charge in [-0.25, -0.2) is 4.79 Å². The normalized spacial score (nSPS) is 18.4. The second-order valence-electron chi connectivity index (χ2n) is 18.3. The molecule has 0 saturated carbocycles. The van der Waals surface area contributed by atoms with Gasteiger partial charge in [0.1, 0.15) is 10.1 Å². The van der Waals surface area contributed by atoms with Gasteiger partial charge in [0.05, 0.1) is 22.2 Å². The highest BCUT2D eigenvalue weighted by Crippen LogP contribution is 2.41. The number of rotatable bonds is 27. The van der Waals surface area contributed by atoms with E-state index in [0.717, 1.165) is 10.2 Å². The molecule has 1 aliphatic heterocycles. The summed E-state index contributed by atoms with van der Waals surface area (Å²) in [7, 11) is -17.9. The number of anilines is 1. The van der Waals surface area contributed by atoms with Crippen LogP contribution in [0.25, 0.3) is 16.3 Å². The van der Waals surface area contributed by atoms with Crippen molar-refractivity contribution in [3.05, 3.63) is 94.7 Å². The molecule has 1 aromatic heterocycles. The molecule has 28 heteroatoms. The number of carbonyl (C=O) groups excluding carboxylic acids is 4. The summed E-state index contributed by atoms with van der Waals surface area (Å²) < 4.78 is 135. The quantitative estimate of drug-likeness (QED) is 0.0247. The molecule has 1 fully saturated rings. The van der Waals surface area contributed by atoms with Gasteiger partial charge in [-0.3, -0.25) is 32.6 Å². The number of aromatic nitrogens is 1. The van der Waals surface area contributed by atoms with E-state index in [1.807, 2.05) is 22.8 Å². The predicted octanol–water partition coefficient (Wildman–Crippen LogP) is 3.86. The Morgan fingerprint density at radius 3 is 2.16 bits per heavy atom. The van der Waals surface area contributed by atoms with Gasteiger partial charge in [-0.1, -0.05) is 62.0 Å². The highest BCUT2D eigenvalue weighted by molar-refractivity contribution is 7.86. The van der Waals surface area contributed by atoms with E-state index in [1.165, 1.54) is 41.8 Å². The van der Waals surface area contributed by atoms with Gasteiger partial charge in [0.15, 0.2) is 12.8 Å². The van der Waals surface area contributed by atoms with Crippen molar-refractivity contribution >= 4 is 97.5 Å². The minimum absolute atomic E-state index is 0.00349. The van der Waals surface area contributed by atoms with E-state index in [9.17, 15) is 76.2 Å². The monoisotopic (exact) mass is 1140 g/mol. The molecule has 5 rings (SSSR count). The lowest BCUT2D eigenvalue weighted by Gasteiger charge is -2.35. The fourth-order valence-corrected chi connectivity index (χ4v) is 11.4. The van der Waals surface area contributed by atoms with Gasteiger partial charge in [0, 0.05) is 69.3 Å². The smallest absolute Gasteiger partial charge is 0.332 e. The van der Waals surface area contributed by atoms with Gasteiger partial charge in [-0.05, 0) is 85.1 Å². The first kappa shape index (κ1) is 60.4. The number of amides is 3. The van der Waals surface area contributed by atoms with Crippen LogP contribution in [0, 0.1) is 5.41 Å². The number of para-hydroxylation sites is 1. The predicted molar refractivity (Wildman–Crippen MR) is 277 cm³/mol. The van der Waals surface area contributed by atoms with Crippen LogP contribution in [0.5, 0.6) is 0 Å². The van der Waals surface area contributed by atoms with Crippen molar-refractivity contribution in [2.75, 3.05) is 41.8 Å². The topological polar surface area (TPSA) is 350 Å². The Labute approximate surface area is 440 Å². The number of fused-ring (bicyclic) bond motifs is 1. The number of benzene rings is 2. The number of unbranched alkanes of at least 4 members (excludes halogenated alkanes) is 2. The standard InChI is InChI=1S/C47H61N5O18S5/c1-33(2)37-30-36(75(67,68)69)16-17-38(37)50(24-9-26-72(58,59)60)23-8-11-34-29-35(15-20-43-51(25-10-27-73(61,62)63)39-12-5-6-13-40(39)71-43)32-47(31-34,46(57)49-22-28-74(64,65)66)45(56)48-21-7-3-4-14-44(55)70-52-41(53)18-19-42(52)54/h5-6,8,11-13,15-17,20,23,29-30,33,41,53H,3-4,7,9-10,14,18-19,21-22,24-28,31-32H2,1-2H3,(H5-,48,49,56,57,58,59,60,61,62,63,64,65,66,67,68,69)/p+1. The Morgan fingerprint density at radius 2 is 1.52 bits per heavy atom. The molecule has 0 radical (unpaired) electrons. The minimum Gasteiger partial charge on any atom is -0.370 e. The van der Waals surface area contributed by atoms with Crippen LogP contribution < -0.4 is 20.1 Å². The first-order valence-electron chi connectivity index (χ1n) is 23.7. The number of thiazole rings is 1. The van der Waals surface area contributed by atoms with Crippen LogP contribution in [0.4, 0.5) is 5.69 Å². The molecular formula is C47H62N5O18S5+. The molecule has 2 aliphatic rings. The van der Waals surface area contributed by atoms with Crippen molar-refractivity contribution in [2.24, 2.45) is 5.41 Å². The Kier molecular flexibility index (Phi) is 21.0. The summed E-state index contributed by atoms with van der Waals surface area (Å²) in [5, 5.41) is 16.5. The molecule has 0 spiro atoms. The summed E-state index contributed by atoms with van der Waals surface area (Å²) in [4.78, 5) is 59.7. The van der Waals surface area contributed by atoms with E-state index in [1.54, 1.807) is 49.1 Å². The maximum Gasteiger partial charge on any atom is 0.332 e. The number of carbonyl (C=O) groups is 4. The minimum atomic E-state index is -4.62. The Balaban J connectivity index is 1.54. The van der Waals surface area contributed by atoms with Gasteiger partial charge in [0.2, 0.25) is 17.3 Å². The maximum absolute atomic E-state index is 14.6. The molecule has 0 bridgehead atoms. The number of nitrogens with one attached hydrogen (secondary N) is 2. The van der Waals surface area contributed by atoms with E-state index in [4.69, 9.17) is 4.84 Å². The largest absolute Gasteiger partial charge is 0.370 e. The lowest BCUT2D eigenvalue weighted by atomic mass is 9.70. The SMILES string of the molecule is CC(C)c1cc(S(=O)(=O)O)ccc1N(/C=C/C=C1C=C(/C=C/c2sc3ccccc3[n+]2CCCS(=O)(=O)O)CC(C(=O)NCCCCCC(=O)ON2C(=O)CCC2O)(C(=O)NCCS(=O)(=O)O)C/1)CCCS(=O)(=O)O. The van der Waals surface area contributed by atoms with Gasteiger partial charge in [0.25, 0.3) is 51.4 Å². The van der Waals surface area contributed by atoms with Crippen molar-refractivity contribution in [2.45, 2.75) is 102 Å². The van der Waals surface area contributed by atoms with Gasteiger partial charge >= 0.3 is 5.97 Å². The van der Waals surface area contributed by atoms with E-state index in [-0.39, 0.29) is 81.8 Å². The van der Waals surface area contributed by atoms with Crippen LogP contribution in [-0.4, -0.2) is 129 Å². The van der Waals surface area contributed by atoms with Crippen LogP contribution >= 0.6 is 11.3 Å². The number of allylic oxidation sites excluding steroid dienone is 6. The zero-order chi connectivity index (χ0) is 55.4. The third kappa shape index (κ3) is 18.4. The van der Waals surface area contributed by atoms with E-state index >= 15 is 0 Å². The molecule has 23 nitrogen and oxygen atoms in total. The number of aryl methyl sites for hydroxylation is 1. The molecule has 1 saturated heterocycles. The van der Waals surface area contributed by atoms with Crippen LogP contribution in [0.3, 0.4) is 0 Å². The third-order valence-electron chi connectivity index (χ3n) is 12.0. The van der Waals surface area contributed by atoms with Crippen LogP contribution in [0.15, 0.2) is 89.0 Å². The number of hydrogen-bond acceptors (Lipinski definition) is 16. The van der Waals surface area contributed by atoms with Crippen LogP contribution in [0.1, 0.15) is 94.5 Å².